The number of nitro benzene ring substituents is 1. The van der Waals surface area contributed by atoms with Gasteiger partial charge in [-0.25, -0.2) is 18.0 Å². The van der Waals surface area contributed by atoms with Gasteiger partial charge < -0.3 is 25.8 Å². The Bertz CT molecular complexity index is 1080. The number of non-ortho nitro benzene ring substituents is 1. The van der Waals surface area contributed by atoms with Crippen molar-refractivity contribution in [2.75, 3.05) is 36.9 Å². The van der Waals surface area contributed by atoms with E-state index in [0.717, 1.165) is 18.2 Å². The molecule has 2 rings (SSSR count). The molecule has 0 aliphatic rings. The highest BCUT2D eigenvalue weighted by Gasteiger charge is 2.20. The number of nitrogens with zero attached hydrogens (tertiary/aromatic N) is 1. The molecule has 0 saturated heterocycles. The zero-order valence-corrected chi connectivity index (χ0v) is 16.7. The number of carbonyl (C=O) groups is 3. The molecule has 0 unspecified atom stereocenters. The first kappa shape index (κ1) is 25.1. The number of esters is 1. The van der Waals surface area contributed by atoms with Gasteiger partial charge in [-0.15, -0.1) is 0 Å². The van der Waals surface area contributed by atoms with Crippen LogP contribution in [0.1, 0.15) is 10.4 Å². The predicted molar refractivity (Wildman–Crippen MR) is 107 cm³/mol. The van der Waals surface area contributed by atoms with Crippen LogP contribution in [0.4, 0.5) is 30.2 Å². The Balaban J connectivity index is 1.92. The second-order valence-electron chi connectivity index (χ2n) is 6.26. The Morgan fingerprint density at radius 1 is 1.03 bits per heavy atom. The number of halogens is 3. The summed E-state index contributed by atoms with van der Waals surface area (Å²) in [4.78, 5) is 46.0. The lowest BCUT2D eigenvalue weighted by Gasteiger charge is -2.11. The number of nitro groups is 1. The van der Waals surface area contributed by atoms with Crippen molar-refractivity contribution in [3.63, 3.8) is 0 Å². The van der Waals surface area contributed by atoms with Crippen LogP contribution in [0.25, 0.3) is 0 Å². The van der Waals surface area contributed by atoms with Crippen molar-refractivity contribution in [3.8, 4) is 0 Å². The van der Waals surface area contributed by atoms with E-state index in [1.807, 2.05) is 5.32 Å². The van der Waals surface area contributed by atoms with Crippen molar-refractivity contribution in [2.45, 2.75) is 0 Å². The molecule has 14 heteroatoms. The highest BCUT2D eigenvalue weighted by molar-refractivity contribution is 5.98. The van der Waals surface area contributed by atoms with E-state index in [-0.39, 0.29) is 24.4 Å². The molecule has 2 amide bonds. The summed E-state index contributed by atoms with van der Waals surface area (Å²) in [6, 6.07) is 4.66. The van der Waals surface area contributed by atoms with Crippen LogP contribution in [0.15, 0.2) is 30.3 Å². The van der Waals surface area contributed by atoms with Crippen LogP contribution in [0.5, 0.6) is 0 Å². The molecule has 0 radical (unpaired) electrons. The highest BCUT2D eigenvalue weighted by atomic mass is 19.2. The molecule has 0 atom stereocenters. The van der Waals surface area contributed by atoms with E-state index in [1.54, 1.807) is 0 Å². The van der Waals surface area contributed by atoms with Crippen LogP contribution in [0.3, 0.4) is 0 Å². The van der Waals surface area contributed by atoms with Crippen molar-refractivity contribution in [1.29, 1.82) is 0 Å². The first-order valence-electron chi connectivity index (χ1n) is 9.14. The molecule has 11 nitrogen and oxygen atoms in total. The van der Waals surface area contributed by atoms with E-state index in [9.17, 15) is 37.7 Å². The Morgan fingerprint density at radius 3 is 2.39 bits per heavy atom. The number of benzene rings is 2. The molecule has 0 heterocycles. The fourth-order valence-electron chi connectivity index (χ4n) is 2.41. The molecule has 2 aromatic rings. The number of aliphatic hydroxyl groups excluding tert-OH is 1. The van der Waals surface area contributed by atoms with Gasteiger partial charge in [0.1, 0.15) is 0 Å². The van der Waals surface area contributed by atoms with Crippen LogP contribution in [0.2, 0.25) is 0 Å². The second kappa shape index (κ2) is 11.4. The smallest absolute Gasteiger partial charge is 0.341 e. The maximum Gasteiger partial charge on any atom is 0.341 e. The molecule has 176 valence electrons. The predicted octanol–water partition coefficient (Wildman–Crippen LogP) is 1.33. The minimum atomic E-state index is -1.78. The Morgan fingerprint density at radius 2 is 1.73 bits per heavy atom. The number of hydrogen-bond acceptors (Lipinski definition) is 8. The summed E-state index contributed by atoms with van der Waals surface area (Å²) in [5.41, 5.74) is -1.21. The summed E-state index contributed by atoms with van der Waals surface area (Å²) in [5, 5.41) is 26.5. The van der Waals surface area contributed by atoms with Gasteiger partial charge in [-0.2, -0.15) is 0 Å². The largest absolute Gasteiger partial charge is 0.452 e. The molecule has 0 aliphatic carbocycles. The summed E-state index contributed by atoms with van der Waals surface area (Å²) in [6.07, 6.45) is 0. The number of aliphatic hydroxyl groups is 1. The van der Waals surface area contributed by atoms with E-state index in [2.05, 4.69) is 10.6 Å². The summed E-state index contributed by atoms with van der Waals surface area (Å²) in [7, 11) is 0. The molecule has 4 N–H and O–H groups in total. The van der Waals surface area contributed by atoms with Crippen LogP contribution >= 0.6 is 0 Å². The molecule has 0 bridgehead atoms. The topological polar surface area (TPSA) is 160 Å². The molecular formula is C19H17F3N4O7. The number of hydrogen-bond donors (Lipinski definition) is 4. The average Bonchev–Trinajstić information content (AvgIpc) is 2.80. The van der Waals surface area contributed by atoms with Crippen molar-refractivity contribution < 1.29 is 42.3 Å². The Hall–Kier alpha value is -4.20. The maximum absolute atomic E-state index is 13.5. The highest BCUT2D eigenvalue weighted by Crippen LogP contribution is 2.23. The monoisotopic (exact) mass is 470 g/mol. The van der Waals surface area contributed by atoms with E-state index >= 15 is 0 Å². The molecule has 0 saturated carbocycles. The van der Waals surface area contributed by atoms with Crippen LogP contribution in [0, 0.1) is 27.6 Å². The van der Waals surface area contributed by atoms with Crippen molar-refractivity contribution in [1.82, 2.24) is 5.32 Å². The molecule has 0 spiro atoms. The SMILES string of the molecule is O=C(COC(=O)c1cc([N+](=O)[O-])ccc1NCCO)NCC(=O)Nc1ccc(F)c(F)c1F. The Kier molecular flexibility index (Phi) is 8.68. The Labute approximate surface area is 183 Å². The van der Waals surface area contributed by atoms with Gasteiger partial charge >= 0.3 is 5.97 Å². The third kappa shape index (κ3) is 6.90. The van der Waals surface area contributed by atoms with Crippen LogP contribution < -0.4 is 16.0 Å². The van der Waals surface area contributed by atoms with Gasteiger partial charge in [-0.05, 0) is 18.2 Å². The van der Waals surface area contributed by atoms with Gasteiger partial charge in [0, 0.05) is 24.4 Å². The van der Waals surface area contributed by atoms with Crippen molar-refractivity contribution in [3.05, 3.63) is 63.5 Å². The third-order valence-electron chi connectivity index (χ3n) is 3.95. The van der Waals surface area contributed by atoms with Gasteiger partial charge in [0.25, 0.3) is 11.6 Å². The fourth-order valence-corrected chi connectivity index (χ4v) is 2.41. The minimum Gasteiger partial charge on any atom is -0.452 e. The quantitative estimate of drug-likeness (QED) is 0.175. The minimum absolute atomic E-state index is 0.0340. The summed E-state index contributed by atoms with van der Waals surface area (Å²) >= 11 is 0. The number of amides is 2. The van der Waals surface area contributed by atoms with E-state index in [0.29, 0.717) is 6.07 Å². The summed E-state index contributed by atoms with van der Waals surface area (Å²) in [5.74, 6) is -7.86. The fraction of sp³-hybridized carbons (Fsp3) is 0.211. The first-order chi connectivity index (χ1) is 15.6. The zero-order chi connectivity index (χ0) is 24.5. The van der Waals surface area contributed by atoms with Crippen molar-refractivity contribution in [2.24, 2.45) is 0 Å². The molecule has 33 heavy (non-hydrogen) atoms. The molecule has 2 aromatic carbocycles. The number of rotatable bonds is 10. The maximum atomic E-state index is 13.5. The number of anilines is 2. The van der Waals surface area contributed by atoms with Crippen molar-refractivity contribution >= 4 is 34.8 Å². The number of nitrogens with one attached hydrogen (secondary N) is 3. The van der Waals surface area contributed by atoms with Gasteiger partial charge in [0.2, 0.25) is 5.91 Å². The molecule has 0 fully saturated rings. The van der Waals surface area contributed by atoms with E-state index in [1.165, 1.54) is 6.07 Å². The lowest BCUT2D eigenvalue weighted by Crippen LogP contribution is -2.35. The zero-order valence-electron chi connectivity index (χ0n) is 16.7. The van der Waals surface area contributed by atoms with Gasteiger partial charge in [0.05, 0.1) is 29.3 Å². The lowest BCUT2D eigenvalue weighted by atomic mass is 10.1. The normalized spacial score (nSPS) is 10.3. The van der Waals surface area contributed by atoms with Crippen LogP contribution in [-0.2, 0) is 14.3 Å². The molecular weight excluding hydrogens is 453 g/mol. The second-order valence-corrected chi connectivity index (χ2v) is 6.26. The average molecular weight is 470 g/mol. The first-order valence-corrected chi connectivity index (χ1v) is 9.14. The third-order valence-corrected chi connectivity index (χ3v) is 3.95. The van der Waals surface area contributed by atoms with Gasteiger partial charge in [-0.1, -0.05) is 0 Å². The van der Waals surface area contributed by atoms with E-state index < -0.39 is 64.7 Å². The summed E-state index contributed by atoms with van der Waals surface area (Å²) < 4.78 is 44.4. The molecule has 0 aliphatic heterocycles. The lowest BCUT2D eigenvalue weighted by molar-refractivity contribution is -0.384. The van der Waals surface area contributed by atoms with Gasteiger partial charge in [0.15, 0.2) is 24.1 Å². The molecule has 0 aromatic heterocycles. The van der Waals surface area contributed by atoms with Gasteiger partial charge in [-0.3, -0.25) is 19.7 Å². The standard InChI is InChI=1S/C19H17F3N4O7/c20-12-2-4-14(18(22)17(12)21)25-15(28)8-24-16(29)9-33-19(30)11-7-10(26(31)32)1-3-13(11)23-5-6-27/h1-4,7,23,27H,5-6,8-9H2,(H,24,29)(H,25,28). The number of ether oxygens (including phenoxy) is 1. The number of carbonyl (C=O) groups excluding carboxylic acids is 3. The van der Waals surface area contributed by atoms with E-state index in [4.69, 9.17) is 9.84 Å². The van der Waals surface area contributed by atoms with Crippen LogP contribution in [-0.4, -0.2) is 54.1 Å². The summed E-state index contributed by atoms with van der Waals surface area (Å²) in [6.45, 7) is -1.83.